The molecule has 17 heavy (non-hydrogen) atoms. The van der Waals surface area contributed by atoms with Crippen molar-refractivity contribution in [2.75, 3.05) is 7.11 Å². The number of nitrogens with two attached hydrogens (primary N) is 1. The SMILES string of the molecule is CCC(CC)C(Cc1cccc(OC)c1)NN. The predicted molar refractivity (Wildman–Crippen MR) is 71.9 cm³/mol. The molecule has 3 nitrogen and oxygen atoms in total. The van der Waals surface area contributed by atoms with Gasteiger partial charge in [0.1, 0.15) is 5.75 Å². The summed E-state index contributed by atoms with van der Waals surface area (Å²) in [4.78, 5) is 0. The summed E-state index contributed by atoms with van der Waals surface area (Å²) in [5, 5.41) is 0. The highest BCUT2D eigenvalue weighted by Gasteiger charge is 2.17. The Morgan fingerprint density at radius 3 is 2.53 bits per heavy atom. The molecule has 1 unspecified atom stereocenters. The first kappa shape index (κ1) is 14.0. The smallest absolute Gasteiger partial charge is 0.119 e. The van der Waals surface area contributed by atoms with Crippen LogP contribution in [0.3, 0.4) is 0 Å². The van der Waals surface area contributed by atoms with Gasteiger partial charge in [-0.05, 0) is 30.0 Å². The van der Waals surface area contributed by atoms with Crippen LogP contribution in [0, 0.1) is 5.92 Å². The van der Waals surface area contributed by atoms with E-state index in [1.54, 1.807) is 7.11 Å². The molecule has 0 spiro atoms. The number of hydrogen-bond donors (Lipinski definition) is 2. The third-order valence-corrected chi connectivity index (χ3v) is 3.42. The molecule has 1 atom stereocenters. The van der Waals surface area contributed by atoms with E-state index in [1.807, 2.05) is 12.1 Å². The van der Waals surface area contributed by atoms with Gasteiger partial charge in [0.05, 0.1) is 7.11 Å². The summed E-state index contributed by atoms with van der Waals surface area (Å²) in [6.07, 6.45) is 3.24. The van der Waals surface area contributed by atoms with Crippen LogP contribution >= 0.6 is 0 Å². The molecular weight excluding hydrogens is 212 g/mol. The highest BCUT2D eigenvalue weighted by molar-refractivity contribution is 5.29. The lowest BCUT2D eigenvalue weighted by molar-refractivity contribution is 0.335. The van der Waals surface area contributed by atoms with Crippen molar-refractivity contribution in [3.05, 3.63) is 29.8 Å². The Hall–Kier alpha value is -1.06. The van der Waals surface area contributed by atoms with Crippen molar-refractivity contribution in [3.8, 4) is 5.75 Å². The molecule has 0 aliphatic heterocycles. The summed E-state index contributed by atoms with van der Waals surface area (Å²) < 4.78 is 5.23. The molecule has 0 aromatic heterocycles. The molecule has 1 aromatic carbocycles. The number of ether oxygens (including phenoxy) is 1. The molecule has 3 heteroatoms. The maximum Gasteiger partial charge on any atom is 0.119 e. The summed E-state index contributed by atoms with van der Waals surface area (Å²) >= 11 is 0. The minimum absolute atomic E-state index is 0.331. The molecule has 0 saturated heterocycles. The zero-order valence-electron chi connectivity index (χ0n) is 11.1. The maximum absolute atomic E-state index is 5.66. The van der Waals surface area contributed by atoms with E-state index in [4.69, 9.17) is 10.6 Å². The van der Waals surface area contributed by atoms with Gasteiger partial charge < -0.3 is 4.74 Å². The van der Waals surface area contributed by atoms with Crippen LogP contribution in [0.15, 0.2) is 24.3 Å². The molecule has 3 N–H and O–H groups in total. The van der Waals surface area contributed by atoms with Gasteiger partial charge in [-0.15, -0.1) is 0 Å². The second-order valence-electron chi connectivity index (χ2n) is 4.41. The molecular formula is C14H24N2O. The topological polar surface area (TPSA) is 47.3 Å². The Labute approximate surface area is 104 Å². The van der Waals surface area contributed by atoms with Crippen molar-refractivity contribution >= 4 is 0 Å². The largest absolute Gasteiger partial charge is 0.497 e. The number of hydrogen-bond acceptors (Lipinski definition) is 3. The first-order chi connectivity index (χ1) is 8.24. The predicted octanol–water partition coefficient (Wildman–Crippen LogP) is 2.51. The molecule has 0 amide bonds. The standard InChI is InChI=1S/C14H24N2O/c1-4-12(5-2)14(16-15)10-11-7-6-8-13(9-11)17-3/h6-9,12,14,16H,4-5,10,15H2,1-3H3. The number of hydrazine groups is 1. The Morgan fingerprint density at radius 1 is 1.29 bits per heavy atom. The fraction of sp³-hybridized carbons (Fsp3) is 0.571. The first-order valence-electron chi connectivity index (χ1n) is 6.34. The summed E-state index contributed by atoms with van der Waals surface area (Å²) in [6, 6.07) is 8.51. The minimum Gasteiger partial charge on any atom is -0.497 e. The molecule has 0 bridgehead atoms. The zero-order valence-corrected chi connectivity index (χ0v) is 11.1. The maximum atomic E-state index is 5.66. The van der Waals surface area contributed by atoms with Crippen LogP contribution in [0.5, 0.6) is 5.75 Å². The molecule has 0 saturated carbocycles. The fourth-order valence-electron chi connectivity index (χ4n) is 2.27. The molecule has 0 aliphatic carbocycles. The number of benzene rings is 1. The van der Waals surface area contributed by atoms with Gasteiger partial charge in [-0.3, -0.25) is 11.3 Å². The number of methoxy groups -OCH3 is 1. The second kappa shape index (κ2) is 7.30. The van der Waals surface area contributed by atoms with E-state index >= 15 is 0 Å². The van der Waals surface area contributed by atoms with Gasteiger partial charge in [0, 0.05) is 6.04 Å². The minimum atomic E-state index is 0.331. The lowest BCUT2D eigenvalue weighted by Crippen LogP contribution is -2.42. The second-order valence-corrected chi connectivity index (χ2v) is 4.41. The van der Waals surface area contributed by atoms with Crippen LogP contribution in [0.1, 0.15) is 32.3 Å². The monoisotopic (exact) mass is 236 g/mol. The Kier molecular flexibility index (Phi) is 6.01. The van der Waals surface area contributed by atoms with E-state index in [2.05, 4.69) is 31.4 Å². The van der Waals surface area contributed by atoms with E-state index in [9.17, 15) is 0 Å². The summed E-state index contributed by atoms with van der Waals surface area (Å²) in [6.45, 7) is 4.42. The lowest BCUT2D eigenvalue weighted by atomic mass is 9.90. The Morgan fingerprint density at radius 2 is 2.00 bits per heavy atom. The van der Waals surface area contributed by atoms with E-state index in [0.29, 0.717) is 12.0 Å². The van der Waals surface area contributed by atoms with E-state index in [-0.39, 0.29) is 0 Å². The van der Waals surface area contributed by atoms with Crippen LogP contribution in [0.4, 0.5) is 0 Å². The van der Waals surface area contributed by atoms with E-state index < -0.39 is 0 Å². The molecule has 96 valence electrons. The van der Waals surface area contributed by atoms with Gasteiger partial charge in [0.2, 0.25) is 0 Å². The van der Waals surface area contributed by atoms with Crippen molar-refractivity contribution in [1.82, 2.24) is 5.43 Å². The van der Waals surface area contributed by atoms with Crippen molar-refractivity contribution in [1.29, 1.82) is 0 Å². The van der Waals surface area contributed by atoms with Crippen LogP contribution < -0.4 is 16.0 Å². The quantitative estimate of drug-likeness (QED) is 0.565. The normalized spacial score (nSPS) is 12.8. The highest BCUT2D eigenvalue weighted by atomic mass is 16.5. The van der Waals surface area contributed by atoms with Crippen LogP contribution in [0.25, 0.3) is 0 Å². The van der Waals surface area contributed by atoms with Gasteiger partial charge in [-0.25, -0.2) is 0 Å². The molecule has 0 fully saturated rings. The first-order valence-corrected chi connectivity index (χ1v) is 6.34. The van der Waals surface area contributed by atoms with Crippen LogP contribution in [-0.2, 0) is 6.42 Å². The molecule has 0 radical (unpaired) electrons. The van der Waals surface area contributed by atoms with Gasteiger partial charge >= 0.3 is 0 Å². The zero-order chi connectivity index (χ0) is 12.7. The molecule has 1 aromatic rings. The summed E-state index contributed by atoms with van der Waals surface area (Å²) in [7, 11) is 1.69. The third-order valence-electron chi connectivity index (χ3n) is 3.42. The van der Waals surface area contributed by atoms with Gasteiger partial charge in [0.25, 0.3) is 0 Å². The van der Waals surface area contributed by atoms with Crippen LogP contribution in [0.2, 0.25) is 0 Å². The Bertz CT molecular complexity index is 324. The summed E-state index contributed by atoms with van der Waals surface area (Å²) in [5.41, 5.74) is 4.21. The molecule has 1 rings (SSSR count). The number of nitrogens with one attached hydrogen (secondary N) is 1. The van der Waals surface area contributed by atoms with Crippen molar-refractivity contribution in [3.63, 3.8) is 0 Å². The number of rotatable bonds is 7. The fourth-order valence-corrected chi connectivity index (χ4v) is 2.27. The van der Waals surface area contributed by atoms with Gasteiger partial charge in [-0.1, -0.05) is 38.8 Å². The van der Waals surface area contributed by atoms with Crippen molar-refractivity contribution in [2.24, 2.45) is 11.8 Å². The highest BCUT2D eigenvalue weighted by Crippen LogP contribution is 2.19. The van der Waals surface area contributed by atoms with Crippen molar-refractivity contribution < 1.29 is 4.74 Å². The molecule has 0 aliphatic rings. The average Bonchev–Trinajstić information content (AvgIpc) is 2.39. The van der Waals surface area contributed by atoms with Crippen molar-refractivity contribution in [2.45, 2.75) is 39.2 Å². The average molecular weight is 236 g/mol. The van der Waals surface area contributed by atoms with Gasteiger partial charge in [0.15, 0.2) is 0 Å². The molecule has 0 heterocycles. The van der Waals surface area contributed by atoms with Gasteiger partial charge in [-0.2, -0.15) is 0 Å². The van der Waals surface area contributed by atoms with E-state index in [0.717, 1.165) is 25.0 Å². The summed E-state index contributed by atoms with van der Waals surface area (Å²) in [5.74, 6) is 7.18. The van der Waals surface area contributed by atoms with E-state index in [1.165, 1.54) is 5.56 Å². The third kappa shape index (κ3) is 4.02. The van der Waals surface area contributed by atoms with Crippen LogP contribution in [-0.4, -0.2) is 13.2 Å². The lowest BCUT2D eigenvalue weighted by Gasteiger charge is -2.24. The Balaban J connectivity index is 2.72.